The summed E-state index contributed by atoms with van der Waals surface area (Å²) in [6.45, 7) is 0. The zero-order chi connectivity index (χ0) is 20.0. The van der Waals surface area contributed by atoms with Gasteiger partial charge < -0.3 is 20.4 Å². The topological polar surface area (TPSA) is 115 Å². The molecule has 0 amide bonds. The molecule has 28 heavy (non-hydrogen) atoms. The second-order valence-corrected chi connectivity index (χ2v) is 6.35. The highest BCUT2D eigenvalue weighted by Gasteiger charge is 2.25. The highest BCUT2D eigenvalue weighted by atomic mass is 16.4. The first-order valence-corrected chi connectivity index (χ1v) is 8.36. The molecule has 138 valence electrons. The number of phenols is 2. The Morgan fingerprint density at radius 1 is 0.679 bits per heavy atom. The van der Waals surface area contributed by atoms with E-state index in [0.29, 0.717) is 21.7 Å². The van der Waals surface area contributed by atoms with Crippen molar-refractivity contribution in [3.8, 4) is 22.6 Å². The molecule has 0 aromatic heterocycles. The molecular formula is C22H14O6. The van der Waals surface area contributed by atoms with Crippen molar-refractivity contribution < 1.29 is 30.0 Å². The minimum Gasteiger partial charge on any atom is -0.506 e. The van der Waals surface area contributed by atoms with Crippen LogP contribution in [0.4, 0.5) is 0 Å². The summed E-state index contributed by atoms with van der Waals surface area (Å²) in [6, 6.07) is 16.4. The molecule has 0 saturated carbocycles. The van der Waals surface area contributed by atoms with Crippen LogP contribution in [0.2, 0.25) is 0 Å². The average molecular weight is 374 g/mol. The first-order chi connectivity index (χ1) is 13.4. The molecule has 4 N–H and O–H groups in total. The summed E-state index contributed by atoms with van der Waals surface area (Å²) in [5, 5.41) is 42.1. The van der Waals surface area contributed by atoms with Gasteiger partial charge >= 0.3 is 11.9 Å². The van der Waals surface area contributed by atoms with Crippen LogP contribution < -0.4 is 0 Å². The predicted octanol–water partition coefficient (Wildman–Crippen LogP) is 4.47. The van der Waals surface area contributed by atoms with Gasteiger partial charge in [-0.15, -0.1) is 0 Å². The molecule has 0 aliphatic carbocycles. The fourth-order valence-electron chi connectivity index (χ4n) is 3.52. The maximum absolute atomic E-state index is 11.7. The number of hydrogen-bond acceptors (Lipinski definition) is 4. The van der Waals surface area contributed by atoms with Crippen molar-refractivity contribution in [2.24, 2.45) is 0 Å². The minimum atomic E-state index is -1.49. The van der Waals surface area contributed by atoms with Crippen molar-refractivity contribution in [1.29, 1.82) is 0 Å². The molecule has 0 aliphatic heterocycles. The van der Waals surface area contributed by atoms with E-state index in [4.69, 9.17) is 0 Å². The van der Waals surface area contributed by atoms with Gasteiger partial charge in [-0.3, -0.25) is 0 Å². The molecule has 0 atom stereocenters. The molecule has 4 aromatic carbocycles. The molecule has 0 radical (unpaired) electrons. The summed E-state index contributed by atoms with van der Waals surface area (Å²) in [6.07, 6.45) is 0. The zero-order valence-corrected chi connectivity index (χ0v) is 14.4. The van der Waals surface area contributed by atoms with Crippen LogP contribution >= 0.6 is 0 Å². The van der Waals surface area contributed by atoms with Crippen LogP contribution in [-0.4, -0.2) is 32.4 Å². The van der Waals surface area contributed by atoms with E-state index in [1.165, 1.54) is 12.1 Å². The van der Waals surface area contributed by atoms with Crippen LogP contribution in [0.1, 0.15) is 20.7 Å². The number of rotatable bonds is 3. The Morgan fingerprint density at radius 2 is 1.29 bits per heavy atom. The average Bonchev–Trinajstić information content (AvgIpc) is 2.67. The Morgan fingerprint density at radius 3 is 1.93 bits per heavy atom. The van der Waals surface area contributed by atoms with Crippen LogP contribution in [0.15, 0.2) is 60.7 Å². The van der Waals surface area contributed by atoms with Gasteiger partial charge in [0.05, 0.1) is 5.56 Å². The monoisotopic (exact) mass is 374 g/mol. The molecule has 0 heterocycles. The molecule has 6 heteroatoms. The summed E-state index contributed by atoms with van der Waals surface area (Å²) in [7, 11) is 0. The molecule has 0 unspecified atom stereocenters. The lowest BCUT2D eigenvalue weighted by atomic mass is 9.89. The molecular weight excluding hydrogens is 360 g/mol. The number of hydrogen-bond donors (Lipinski definition) is 4. The van der Waals surface area contributed by atoms with Gasteiger partial charge in [0.2, 0.25) is 0 Å². The lowest BCUT2D eigenvalue weighted by Crippen LogP contribution is -2.01. The third kappa shape index (κ3) is 2.51. The van der Waals surface area contributed by atoms with E-state index in [1.807, 2.05) is 0 Å². The van der Waals surface area contributed by atoms with Crippen LogP contribution in [0.25, 0.3) is 32.7 Å². The molecule has 4 aromatic rings. The Labute approximate surface area is 158 Å². The van der Waals surface area contributed by atoms with E-state index in [9.17, 15) is 30.0 Å². The second kappa shape index (κ2) is 6.28. The Balaban J connectivity index is 2.25. The van der Waals surface area contributed by atoms with Gasteiger partial charge in [-0.05, 0) is 33.9 Å². The van der Waals surface area contributed by atoms with Gasteiger partial charge in [-0.1, -0.05) is 48.5 Å². The fourth-order valence-corrected chi connectivity index (χ4v) is 3.52. The van der Waals surface area contributed by atoms with Crippen molar-refractivity contribution in [3.05, 3.63) is 71.8 Å². The van der Waals surface area contributed by atoms with Crippen molar-refractivity contribution >= 4 is 33.5 Å². The SMILES string of the molecule is O=C(O)c1cc(-c2c(O)c(C(=O)O)c(O)c3ccccc23)c2ccccc2c1. The molecule has 0 bridgehead atoms. The van der Waals surface area contributed by atoms with Crippen molar-refractivity contribution in [2.45, 2.75) is 0 Å². The van der Waals surface area contributed by atoms with Crippen LogP contribution in [-0.2, 0) is 0 Å². The third-order valence-corrected chi connectivity index (χ3v) is 4.75. The second-order valence-electron chi connectivity index (χ2n) is 6.35. The normalized spacial score (nSPS) is 11.0. The molecule has 4 rings (SSSR count). The molecule has 0 spiro atoms. The molecule has 0 fully saturated rings. The van der Waals surface area contributed by atoms with Gasteiger partial charge in [0.15, 0.2) is 0 Å². The first kappa shape index (κ1) is 17.4. The quantitative estimate of drug-likeness (QED) is 0.421. The van der Waals surface area contributed by atoms with Gasteiger partial charge in [-0.2, -0.15) is 0 Å². The standard InChI is InChI=1S/C22H14O6/c23-19-15-8-4-3-7-14(15)17(20(24)18(19)22(27)28)16-10-12(21(25)26)9-11-5-1-2-6-13(11)16/h1-10,23-24H,(H,25,26)(H,27,28). The minimum absolute atomic E-state index is 0.00197. The summed E-state index contributed by atoms with van der Waals surface area (Å²) < 4.78 is 0. The zero-order valence-electron chi connectivity index (χ0n) is 14.4. The van der Waals surface area contributed by atoms with E-state index in [-0.39, 0.29) is 16.5 Å². The highest BCUT2D eigenvalue weighted by Crippen LogP contribution is 2.46. The summed E-state index contributed by atoms with van der Waals surface area (Å²) >= 11 is 0. The van der Waals surface area contributed by atoms with Gasteiger partial charge in [0.25, 0.3) is 0 Å². The van der Waals surface area contributed by atoms with E-state index >= 15 is 0 Å². The first-order valence-electron chi connectivity index (χ1n) is 8.36. The van der Waals surface area contributed by atoms with Gasteiger partial charge in [0.1, 0.15) is 17.1 Å². The third-order valence-electron chi connectivity index (χ3n) is 4.75. The fraction of sp³-hybridized carbons (Fsp3) is 0. The van der Waals surface area contributed by atoms with Crippen LogP contribution in [0, 0.1) is 0 Å². The molecule has 0 saturated heterocycles. The van der Waals surface area contributed by atoms with E-state index in [1.54, 1.807) is 48.5 Å². The lowest BCUT2D eigenvalue weighted by molar-refractivity contribution is 0.0682. The predicted molar refractivity (Wildman–Crippen MR) is 104 cm³/mol. The van der Waals surface area contributed by atoms with Gasteiger partial charge in [-0.25, -0.2) is 9.59 Å². The molecule has 6 nitrogen and oxygen atoms in total. The van der Waals surface area contributed by atoms with E-state index in [2.05, 4.69) is 0 Å². The summed E-state index contributed by atoms with van der Waals surface area (Å²) in [4.78, 5) is 23.3. The Hall–Kier alpha value is -4.06. The van der Waals surface area contributed by atoms with E-state index < -0.39 is 29.0 Å². The number of carboxylic acid groups (broad SMARTS) is 2. The van der Waals surface area contributed by atoms with Crippen molar-refractivity contribution in [3.63, 3.8) is 0 Å². The maximum atomic E-state index is 11.7. The summed E-state index contributed by atoms with van der Waals surface area (Å²) in [5.74, 6) is -3.78. The van der Waals surface area contributed by atoms with Crippen LogP contribution in [0.5, 0.6) is 11.5 Å². The maximum Gasteiger partial charge on any atom is 0.343 e. The molecule has 0 aliphatic rings. The number of carbonyl (C=O) groups is 2. The smallest absolute Gasteiger partial charge is 0.343 e. The Kier molecular flexibility index (Phi) is 3.89. The number of aromatic carboxylic acids is 2. The number of carboxylic acids is 2. The highest BCUT2D eigenvalue weighted by molar-refractivity contribution is 6.15. The summed E-state index contributed by atoms with van der Waals surface area (Å²) in [5.41, 5.74) is -0.0996. The van der Waals surface area contributed by atoms with Crippen molar-refractivity contribution in [2.75, 3.05) is 0 Å². The van der Waals surface area contributed by atoms with Crippen molar-refractivity contribution in [1.82, 2.24) is 0 Å². The van der Waals surface area contributed by atoms with E-state index in [0.717, 1.165) is 0 Å². The lowest BCUT2D eigenvalue weighted by Gasteiger charge is -2.16. The largest absolute Gasteiger partial charge is 0.506 e. The number of fused-ring (bicyclic) bond motifs is 2. The Bertz CT molecular complexity index is 1290. The van der Waals surface area contributed by atoms with Gasteiger partial charge in [0, 0.05) is 10.9 Å². The van der Waals surface area contributed by atoms with Crippen LogP contribution in [0.3, 0.4) is 0 Å². The number of benzene rings is 4. The number of aromatic hydroxyl groups is 2.